The molecule has 0 aliphatic carbocycles. The summed E-state index contributed by atoms with van der Waals surface area (Å²) in [7, 11) is 1.67. The Balaban J connectivity index is 1.69. The van der Waals surface area contributed by atoms with E-state index in [0.717, 1.165) is 28.5 Å². The van der Waals surface area contributed by atoms with Gasteiger partial charge in [0.1, 0.15) is 5.75 Å². The van der Waals surface area contributed by atoms with Crippen LogP contribution in [0, 0.1) is 0 Å². The number of hydrogen-bond acceptors (Lipinski definition) is 4. The molecule has 0 fully saturated rings. The van der Waals surface area contributed by atoms with Crippen molar-refractivity contribution in [3.8, 4) is 17.2 Å². The minimum atomic E-state index is 0.00379. The molecule has 1 atom stereocenters. The molecule has 1 aliphatic rings. The Morgan fingerprint density at radius 2 is 1.60 bits per heavy atom. The SMILES string of the molecule is COc1ccc(NC(c2ccccc2)c2ccc3c(c2)OCO3)cc1. The van der Waals surface area contributed by atoms with Gasteiger partial charge in [-0.25, -0.2) is 0 Å². The average molecular weight is 333 g/mol. The van der Waals surface area contributed by atoms with E-state index >= 15 is 0 Å². The van der Waals surface area contributed by atoms with Crippen LogP contribution in [0.2, 0.25) is 0 Å². The molecule has 1 heterocycles. The Bertz CT molecular complexity index is 847. The van der Waals surface area contributed by atoms with Crippen molar-refractivity contribution in [2.24, 2.45) is 0 Å². The number of hydrogen-bond donors (Lipinski definition) is 1. The van der Waals surface area contributed by atoms with Crippen molar-refractivity contribution in [3.63, 3.8) is 0 Å². The molecule has 0 aromatic heterocycles. The maximum atomic E-state index is 5.54. The van der Waals surface area contributed by atoms with Crippen LogP contribution >= 0.6 is 0 Å². The second-order valence-corrected chi connectivity index (χ2v) is 5.83. The number of fused-ring (bicyclic) bond motifs is 1. The van der Waals surface area contributed by atoms with E-state index in [1.165, 1.54) is 5.56 Å². The summed E-state index contributed by atoms with van der Waals surface area (Å²) in [6.45, 7) is 0.278. The maximum Gasteiger partial charge on any atom is 0.231 e. The molecule has 25 heavy (non-hydrogen) atoms. The highest BCUT2D eigenvalue weighted by atomic mass is 16.7. The zero-order valence-corrected chi connectivity index (χ0v) is 13.9. The van der Waals surface area contributed by atoms with E-state index in [2.05, 4.69) is 23.5 Å². The summed E-state index contributed by atoms with van der Waals surface area (Å²) >= 11 is 0. The second kappa shape index (κ2) is 6.77. The highest BCUT2D eigenvalue weighted by molar-refractivity contribution is 5.53. The topological polar surface area (TPSA) is 39.7 Å². The molecule has 126 valence electrons. The first-order chi connectivity index (χ1) is 12.3. The molecule has 0 bridgehead atoms. The first-order valence-corrected chi connectivity index (χ1v) is 8.18. The molecule has 0 spiro atoms. The van der Waals surface area contributed by atoms with Crippen LogP contribution in [0.5, 0.6) is 17.2 Å². The molecule has 1 N–H and O–H groups in total. The van der Waals surface area contributed by atoms with Crippen LogP contribution < -0.4 is 19.5 Å². The van der Waals surface area contributed by atoms with Gasteiger partial charge in [-0.3, -0.25) is 0 Å². The number of rotatable bonds is 5. The van der Waals surface area contributed by atoms with Crippen molar-refractivity contribution in [1.29, 1.82) is 0 Å². The van der Waals surface area contributed by atoms with E-state index in [0.29, 0.717) is 0 Å². The van der Waals surface area contributed by atoms with Crippen LogP contribution in [0.4, 0.5) is 5.69 Å². The molecule has 4 nitrogen and oxygen atoms in total. The van der Waals surface area contributed by atoms with Gasteiger partial charge in [-0.05, 0) is 47.5 Å². The normalized spacial score (nSPS) is 13.3. The highest BCUT2D eigenvalue weighted by Crippen LogP contribution is 2.36. The van der Waals surface area contributed by atoms with Crippen LogP contribution in [0.25, 0.3) is 0 Å². The summed E-state index contributed by atoms with van der Waals surface area (Å²) in [4.78, 5) is 0. The Labute approximate surface area is 147 Å². The zero-order chi connectivity index (χ0) is 17.1. The first kappa shape index (κ1) is 15.4. The summed E-state index contributed by atoms with van der Waals surface area (Å²) in [5.74, 6) is 2.42. The van der Waals surface area contributed by atoms with Crippen LogP contribution in [0.1, 0.15) is 17.2 Å². The summed E-state index contributed by atoms with van der Waals surface area (Å²) in [5, 5.41) is 3.60. The summed E-state index contributed by atoms with van der Waals surface area (Å²) in [6, 6.07) is 24.4. The number of ether oxygens (including phenoxy) is 3. The third-order valence-electron chi connectivity index (χ3n) is 4.26. The van der Waals surface area contributed by atoms with Crippen molar-refractivity contribution in [1.82, 2.24) is 0 Å². The Morgan fingerprint density at radius 3 is 2.36 bits per heavy atom. The van der Waals surface area contributed by atoms with Gasteiger partial charge in [-0.1, -0.05) is 36.4 Å². The van der Waals surface area contributed by atoms with Gasteiger partial charge < -0.3 is 19.5 Å². The lowest BCUT2D eigenvalue weighted by atomic mass is 9.98. The summed E-state index contributed by atoms with van der Waals surface area (Å²) in [6.07, 6.45) is 0. The third kappa shape index (κ3) is 3.24. The molecule has 3 aromatic rings. The Morgan fingerprint density at radius 1 is 0.840 bits per heavy atom. The number of benzene rings is 3. The van der Waals surface area contributed by atoms with E-state index in [9.17, 15) is 0 Å². The predicted octanol–water partition coefficient (Wildman–Crippen LogP) is 4.63. The molecule has 0 saturated heterocycles. The van der Waals surface area contributed by atoms with E-state index < -0.39 is 0 Å². The van der Waals surface area contributed by atoms with Crippen LogP contribution in [0.15, 0.2) is 72.8 Å². The van der Waals surface area contributed by atoms with Gasteiger partial charge in [0.25, 0.3) is 0 Å². The molecule has 1 unspecified atom stereocenters. The largest absolute Gasteiger partial charge is 0.497 e. The molecule has 4 heteroatoms. The lowest BCUT2D eigenvalue weighted by molar-refractivity contribution is 0.174. The van der Waals surface area contributed by atoms with Crippen molar-refractivity contribution >= 4 is 5.69 Å². The monoisotopic (exact) mass is 333 g/mol. The first-order valence-electron chi connectivity index (χ1n) is 8.18. The van der Waals surface area contributed by atoms with Gasteiger partial charge in [-0.15, -0.1) is 0 Å². The lowest BCUT2D eigenvalue weighted by Gasteiger charge is -2.21. The number of anilines is 1. The molecule has 1 aliphatic heterocycles. The average Bonchev–Trinajstić information content (AvgIpc) is 3.15. The predicted molar refractivity (Wildman–Crippen MR) is 97.5 cm³/mol. The van der Waals surface area contributed by atoms with Gasteiger partial charge in [0.05, 0.1) is 13.2 Å². The standard InChI is InChI=1S/C21H19NO3/c1-23-18-10-8-17(9-11-18)22-21(15-5-3-2-4-6-15)16-7-12-19-20(13-16)25-14-24-19/h2-13,21-22H,14H2,1H3. The molecule has 4 rings (SSSR count). The minimum Gasteiger partial charge on any atom is -0.497 e. The van der Waals surface area contributed by atoms with E-state index in [-0.39, 0.29) is 12.8 Å². The molecule has 0 amide bonds. The van der Waals surface area contributed by atoms with Gasteiger partial charge in [-0.2, -0.15) is 0 Å². The number of nitrogens with one attached hydrogen (secondary N) is 1. The van der Waals surface area contributed by atoms with Gasteiger partial charge in [0.2, 0.25) is 6.79 Å². The van der Waals surface area contributed by atoms with Crippen LogP contribution in [-0.4, -0.2) is 13.9 Å². The van der Waals surface area contributed by atoms with Crippen molar-refractivity contribution in [2.45, 2.75) is 6.04 Å². The zero-order valence-electron chi connectivity index (χ0n) is 13.9. The van der Waals surface area contributed by atoms with Crippen LogP contribution in [0.3, 0.4) is 0 Å². The molecule has 0 radical (unpaired) electrons. The fourth-order valence-electron chi connectivity index (χ4n) is 2.95. The van der Waals surface area contributed by atoms with Crippen LogP contribution in [-0.2, 0) is 0 Å². The fourth-order valence-corrected chi connectivity index (χ4v) is 2.95. The van der Waals surface area contributed by atoms with E-state index in [1.807, 2.05) is 54.6 Å². The highest BCUT2D eigenvalue weighted by Gasteiger charge is 2.19. The maximum absolute atomic E-state index is 5.54. The third-order valence-corrected chi connectivity index (χ3v) is 4.26. The molecular formula is C21H19NO3. The summed E-state index contributed by atoms with van der Waals surface area (Å²) in [5.41, 5.74) is 3.32. The van der Waals surface area contributed by atoms with E-state index in [4.69, 9.17) is 14.2 Å². The van der Waals surface area contributed by atoms with Gasteiger partial charge >= 0.3 is 0 Å². The minimum absolute atomic E-state index is 0.00379. The van der Waals surface area contributed by atoms with Crippen molar-refractivity contribution in [2.75, 3.05) is 19.2 Å². The van der Waals surface area contributed by atoms with Gasteiger partial charge in [0, 0.05) is 5.69 Å². The molecular weight excluding hydrogens is 314 g/mol. The Hall–Kier alpha value is -3.14. The second-order valence-electron chi connectivity index (χ2n) is 5.83. The molecule has 3 aromatic carbocycles. The fraction of sp³-hybridized carbons (Fsp3) is 0.143. The quantitative estimate of drug-likeness (QED) is 0.739. The van der Waals surface area contributed by atoms with Crippen molar-refractivity contribution in [3.05, 3.63) is 83.9 Å². The summed E-state index contributed by atoms with van der Waals surface area (Å²) < 4.78 is 16.2. The lowest BCUT2D eigenvalue weighted by Crippen LogP contribution is -2.12. The smallest absolute Gasteiger partial charge is 0.231 e. The van der Waals surface area contributed by atoms with E-state index in [1.54, 1.807) is 7.11 Å². The number of methoxy groups -OCH3 is 1. The molecule has 0 saturated carbocycles. The van der Waals surface area contributed by atoms with Gasteiger partial charge in [0.15, 0.2) is 11.5 Å². The Kier molecular flexibility index (Phi) is 4.17. The van der Waals surface area contributed by atoms with Crippen molar-refractivity contribution < 1.29 is 14.2 Å².